The summed E-state index contributed by atoms with van der Waals surface area (Å²) >= 11 is 0. The number of benzene rings is 1. The highest BCUT2D eigenvalue weighted by atomic mass is 32.3. The molecule has 1 aliphatic rings. The predicted octanol–water partition coefficient (Wildman–Crippen LogP) is 2.20. The van der Waals surface area contributed by atoms with E-state index < -0.39 is 10.6 Å². The minimum atomic E-state index is -2.67. The van der Waals surface area contributed by atoms with Crippen molar-refractivity contribution in [3.63, 3.8) is 0 Å². The third-order valence-corrected chi connectivity index (χ3v) is 3.11. The van der Waals surface area contributed by atoms with Crippen molar-refractivity contribution >= 4 is 10.6 Å². The zero-order valence-corrected chi connectivity index (χ0v) is 8.58. The van der Waals surface area contributed by atoms with E-state index in [1.54, 1.807) is 18.2 Å². The van der Waals surface area contributed by atoms with Crippen LogP contribution in [0.15, 0.2) is 23.1 Å². The summed E-state index contributed by atoms with van der Waals surface area (Å²) < 4.78 is 29.5. The Balaban J connectivity index is 2.39. The number of ether oxygens (including phenoxy) is 2. The van der Waals surface area contributed by atoms with E-state index in [0.29, 0.717) is 29.6 Å². The zero-order chi connectivity index (χ0) is 10.2. The van der Waals surface area contributed by atoms with Crippen LogP contribution in [0.4, 0.5) is 0 Å². The molecule has 14 heavy (non-hydrogen) atoms. The summed E-state index contributed by atoms with van der Waals surface area (Å²) in [7, 11) is -2.67. The Bertz CT molecular complexity index is 345. The molecule has 0 unspecified atom stereocenters. The van der Waals surface area contributed by atoms with Gasteiger partial charge >= 0.3 is 0 Å². The lowest BCUT2D eigenvalue weighted by atomic mass is 10.3. The Hall–Kier alpha value is -0.910. The molecule has 0 atom stereocenters. The molecule has 5 heteroatoms. The van der Waals surface area contributed by atoms with Crippen molar-refractivity contribution in [1.82, 2.24) is 0 Å². The highest BCUT2D eigenvalue weighted by Gasteiger charge is 2.16. The van der Waals surface area contributed by atoms with Crippen molar-refractivity contribution < 1.29 is 18.6 Å². The molecule has 0 fully saturated rings. The molecule has 2 rings (SSSR count). The molecule has 0 spiro atoms. The fraction of sp³-hybridized carbons (Fsp3) is 0.333. The maximum Gasteiger partial charge on any atom is 0.163 e. The van der Waals surface area contributed by atoms with Crippen LogP contribution >= 0.6 is 10.6 Å². The lowest BCUT2D eigenvalue weighted by Crippen LogP contribution is -2.15. The third-order valence-electron chi connectivity index (χ3n) is 1.96. The molecule has 0 aromatic heterocycles. The molecule has 1 aromatic carbocycles. The highest BCUT2D eigenvalue weighted by molar-refractivity contribution is 8.23. The second kappa shape index (κ2) is 3.34. The largest absolute Gasteiger partial charge is 0.486 e. The van der Waals surface area contributed by atoms with Gasteiger partial charge in [-0.25, -0.2) is 0 Å². The van der Waals surface area contributed by atoms with Crippen molar-refractivity contribution in [1.29, 1.82) is 0 Å². The average molecular weight is 216 g/mol. The van der Waals surface area contributed by atoms with Crippen LogP contribution < -0.4 is 9.47 Å². The molecule has 4 nitrogen and oxygen atoms in total. The van der Waals surface area contributed by atoms with Gasteiger partial charge in [0.05, 0.1) is 4.90 Å². The molecule has 1 aromatic rings. The molecule has 2 N–H and O–H groups in total. The van der Waals surface area contributed by atoms with Gasteiger partial charge in [0, 0.05) is 12.3 Å². The Labute approximate surface area is 83.8 Å². The van der Waals surface area contributed by atoms with Crippen molar-refractivity contribution in [3.8, 4) is 11.5 Å². The molecule has 0 radical (unpaired) electrons. The average Bonchev–Trinajstić information content (AvgIpc) is 2.16. The number of hydrogen-bond donors (Lipinski definition) is 2. The summed E-state index contributed by atoms with van der Waals surface area (Å²) in [6.45, 7) is 1.04. The van der Waals surface area contributed by atoms with Gasteiger partial charge in [-0.05, 0) is 12.1 Å². The minimum Gasteiger partial charge on any atom is -0.486 e. The predicted molar refractivity (Wildman–Crippen MR) is 54.5 cm³/mol. The molecule has 1 heterocycles. The first-order chi connectivity index (χ1) is 6.57. The normalized spacial score (nSPS) is 16.5. The lowest BCUT2D eigenvalue weighted by Gasteiger charge is -2.28. The Morgan fingerprint density at radius 1 is 1.14 bits per heavy atom. The van der Waals surface area contributed by atoms with Gasteiger partial charge in [0.1, 0.15) is 13.2 Å². The van der Waals surface area contributed by atoms with E-state index in [1.165, 1.54) is 6.26 Å². The maximum atomic E-state index is 9.43. The van der Waals surface area contributed by atoms with Gasteiger partial charge in [-0.1, -0.05) is 0 Å². The summed E-state index contributed by atoms with van der Waals surface area (Å²) in [5.41, 5.74) is 0. The first-order valence-corrected chi connectivity index (χ1v) is 6.16. The summed E-state index contributed by atoms with van der Waals surface area (Å²) in [5.74, 6) is 1.24. The molecule has 0 aliphatic carbocycles. The van der Waals surface area contributed by atoms with Gasteiger partial charge in [0.25, 0.3) is 0 Å². The highest BCUT2D eigenvalue weighted by Crippen LogP contribution is 2.47. The standard InChI is InChI=1S/C9H12O4S/c1-14(10,11)7-2-3-8-9(6-7)13-5-4-12-8/h2-3,6,10-11H,4-5H2,1H3. The zero-order valence-electron chi connectivity index (χ0n) is 7.77. The van der Waals surface area contributed by atoms with Crippen LogP contribution in [0.5, 0.6) is 11.5 Å². The van der Waals surface area contributed by atoms with Gasteiger partial charge in [-0.2, -0.15) is 10.6 Å². The topological polar surface area (TPSA) is 58.9 Å². The van der Waals surface area contributed by atoms with Crippen molar-refractivity contribution in [2.45, 2.75) is 4.90 Å². The van der Waals surface area contributed by atoms with Crippen LogP contribution in [0.3, 0.4) is 0 Å². The summed E-state index contributed by atoms with van der Waals surface area (Å²) in [6.07, 6.45) is 1.39. The molecule has 0 amide bonds. The van der Waals surface area contributed by atoms with Crippen LogP contribution in [0.2, 0.25) is 0 Å². The SMILES string of the molecule is CS(O)(O)c1ccc2c(c1)OCCO2. The van der Waals surface area contributed by atoms with Gasteiger partial charge in [0.15, 0.2) is 11.5 Å². The lowest BCUT2D eigenvalue weighted by molar-refractivity contribution is 0.171. The van der Waals surface area contributed by atoms with E-state index in [1.807, 2.05) is 0 Å². The second-order valence-electron chi connectivity index (χ2n) is 3.14. The van der Waals surface area contributed by atoms with Crippen LogP contribution in [-0.4, -0.2) is 28.6 Å². The Morgan fingerprint density at radius 2 is 1.79 bits per heavy atom. The smallest absolute Gasteiger partial charge is 0.163 e. The first-order valence-electron chi connectivity index (χ1n) is 4.20. The Morgan fingerprint density at radius 3 is 2.43 bits per heavy atom. The van der Waals surface area contributed by atoms with Crippen molar-refractivity contribution in [2.24, 2.45) is 0 Å². The fourth-order valence-corrected chi connectivity index (χ4v) is 1.92. The van der Waals surface area contributed by atoms with Gasteiger partial charge in [0.2, 0.25) is 0 Å². The van der Waals surface area contributed by atoms with Gasteiger partial charge in [-0.15, -0.1) is 0 Å². The van der Waals surface area contributed by atoms with E-state index in [0.717, 1.165) is 0 Å². The van der Waals surface area contributed by atoms with Crippen LogP contribution in [-0.2, 0) is 0 Å². The van der Waals surface area contributed by atoms with Crippen LogP contribution in [0.25, 0.3) is 0 Å². The van der Waals surface area contributed by atoms with Crippen LogP contribution in [0, 0.1) is 0 Å². The molecule has 0 bridgehead atoms. The van der Waals surface area contributed by atoms with E-state index in [9.17, 15) is 9.11 Å². The van der Waals surface area contributed by atoms with E-state index in [4.69, 9.17) is 9.47 Å². The number of fused-ring (bicyclic) bond motifs is 1. The number of rotatable bonds is 1. The monoisotopic (exact) mass is 216 g/mol. The van der Waals surface area contributed by atoms with E-state index in [2.05, 4.69) is 0 Å². The minimum absolute atomic E-state index is 0.474. The van der Waals surface area contributed by atoms with Gasteiger partial charge in [-0.3, -0.25) is 9.11 Å². The molecule has 1 aliphatic heterocycles. The molecule has 78 valence electrons. The quantitative estimate of drug-likeness (QED) is 0.755. The van der Waals surface area contributed by atoms with Crippen molar-refractivity contribution in [2.75, 3.05) is 19.5 Å². The summed E-state index contributed by atoms with van der Waals surface area (Å²) in [5, 5.41) is 0. The third kappa shape index (κ3) is 1.79. The van der Waals surface area contributed by atoms with E-state index in [-0.39, 0.29) is 0 Å². The summed E-state index contributed by atoms with van der Waals surface area (Å²) in [4.78, 5) is 0.474. The number of hydrogen-bond acceptors (Lipinski definition) is 4. The van der Waals surface area contributed by atoms with Crippen molar-refractivity contribution in [3.05, 3.63) is 18.2 Å². The summed E-state index contributed by atoms with van der Waals surface area (Å²) in [6, 6.07) is 4.95. The van der Waals surface area contributed by atoms with Crippen LogP contribution in [0.1, 0.15) is 0 Å². The second-order valence-corrected chi connectivity index (χ2v) is 5.28. The Kier molecular flexibility index (Phi) is 2.30. The molecule has 0 saturated carbocycles. The first kappa shape index (κ1) is 9.64. The fourth-order valence-electron chi connectivity index (χ4n) is 1.26. The molecular formula is C9H12O4S. The molecular weight excluding hydrogens is 204 g/mol. The van der Waals surface area contributed by atoms with E-state index >= 15 is 0 Å². The maximum absolute atomic E-state index is 9.43. The molecule has 0 saturated heterocycles. The van der Waals surface area contributed by atoms with Gasteiger partial charge < -0.3 is 9.47 Å².